The van der Waals surface area contributed by atoms with E-state index in [1.54, 1.807) is 20.8 Å². The van der Waals surface area contributed by atoms with Crippen LogP contribution in [-0.4, -0.2) is 204 Å². The van der Waals surface area contributed by atoms with Gasteiger partial charge in [-0.05, 0) is 51.4 Å². The molecule has 0 radical (unpaired) electrons. The molecule has 0 aromatic rings. The summed E-state index contributed by atoms with van der Waals surface area (Å²) < 4.78 is 0. The highest BCUT2D eigenvalue weighted by atomic mass is 16.4. The maximum Gasteiger partial charge on any atom is 0.326 e. The van der Waals surface area contributed by atoms with Gasteiger partial charge in [0.25, 0.3) is 0 Å². The number of aliphatic hydroxyl groups excluding tert-OH is 4. The first kappa shape index (κ1) is 66.9. The van der Waals surface area contributed by atoms with Crippen molar-refractivity contribution in [2.45, 2.75) is 159 Å². The van der Waals surface area contributed by atoms with E-state index in [0.29, 0.717) is 0 Å². The zero-order valence-corrected chi connectivity index (χ0v) is 41.7. The van der Waals surface area contributed by atoms with Crippen LogP contribution in [0.3, 0.4) is 0 Å². The van der Waals surface area contributed by atoms with Crippen LogP contribution in [0.4, 0.5) is 0 Å². The van der Waals surface area contributed by atoms with Crippen LogP contribution in [0, 0.1) is 11.8 Å². The molecule has 0 aliphatic heterocycles. The number of aliphatic carboxylic acids is 4. The minimum absolute atomic E-state index is 0.00229. The van der Waals surface area contributed by atoms with Crippen molar-refractivity contribution in [3.05, 3.63) is 0 Å². The monoisotopic (exact) mass is 1060 g/mol. The number of hydrogen-bond acceptors (Lipinski definition) is 18. The van der Waals surface area contributed by atoms with Crippen LogP contribution in [0.5, 0.6) is 0 Å². The summed E-state index contributed by atoms with van der Waals surface area (Å²) in [6.45, 7) is 5.43. The van der Waals surface area contributed by atoms with Gasteiger partial charge in [0.1, 0.15) is 54.4 Å². The zero-order valence-electron chi connectivity index (χ0n) is 41.7. The average Bonchev–Trinajstić information content (AvgIpc) is 3.31. The summed E-state index contributed by atoms with van der Waals surface area (Å²) in [7, 11) is 0. The Labute approximate surface area is 424 Å². The number of hydrogen-bond donors (Lipinski definition) is 18. The number of carbonyl (C=O) groups excluding carboxylic acids is 9. The lowest BCUT2D eigenvalue weighted by Gasteiger charge is -2.30. The molecule has 0 fully saturated rings. The van der Waals surface area contributed by atoms with Crippen LogP contribution < -0.4 is 53.6 Å². The van der Waals surface area contributed by atoms with Gasteiger partial charge >= 0.3 is 23.9 Å². The molecule has 12 atom stereocenters. The second kappa shape index (κ2) is 33.6. The van der Waals surface area contributed by atoms with E-state index < -0.39 is 208 Å². The van der Waals surface area contributed by atoms with Crippen molar-refractivity contribution in [1.29, 1.82) is 0 Å². The van der Waals surface area contributed by atoms with Crippen LogP contribution in [-0.2, 0) is 62.3 Å². The van der Waals surface area contributed by atoms with Crippen molar-refractivity contribution in [3.63, 3.8) is 0 Å². The molecule has 0 aromatic heterocycles. The lowest BCUT2D eigenvalue weighted by atomic mass is 9.96. The van der Waals surface area contributed by atoms with E-state index >= 15 is 0 Å². The molecule has 31 heteroatoms. The molecule has 0 aliphatic carbocycles. The number of amides is 9. The van der Waals surface area contributed by atoms with Gasteiger partial charge in [0.05, 0.1) is 32.0 Å². The van der Waals surface area contributed by atoms with Gasteiger partial charge in [0.15, 0.2) is 0 Å². The topological polar surface area (TPSA) is 518 Å². The molecule has 0 aliphatic rings. The molecule has 0 rings (SSSR count). The Morgan fingerprint density at radius 3 is 1.09 bits per heavy atom. The number of nitrogens with two attached hydrogens (primary N) is 1. The van der Waals surface area contributed by atoms with E-state index in [1.807, 2.05) is 16.0 Å². The van der Waals surface area contributed by atoms with Gasteiger partial charge in [-0.2, -0.15) is 0 Å². The predicted molar refractivity (Wildman–Crippen MR) is 251 cm³/mol. The minimum Gasteiger partial charge on any atom is -0.481 e. The van der Waals surface area contributed by atoms with Crippen LogP contribution in [0.1, 0.15) is 92.9 Å². The average molecular weight is 1070 g/mol. The summed E-state index contributed by atoms with van der Waals surface area (Å²) in [6.07, 6.45) is -4.95. The Hall–Kier alpha value is -7.09. The Morgan fingerprint density at radius 2 is 0.743 bits per heavy atom. The minimum atomic E-state index is -1.99. The summed E-state index contributed by atoms with van der Waals surface area (Å²) >= 11 is 0. The fraction of sp³-hybridized carbons (Fsp3) is 0.698. The normalized spacial score (nSPS) is 15.9. The van der Waals surface area contributed by atoms with Gasteiger partial charge in [0, 0.05) is 19.3 Å². The van der Waals surface area contributed by atoms with Crippen molar-refractivity contribution in [2.75, 3.05) is 19.8 Å². The molecule has 0 aromatic carbocycles. The molecule has 0 spiro atoms. The molecule has 0 unspecified atom stereocenters. The molecule has 0 saturated heterocycles. The van der Waals surface area contributed by atoms with Gasteiger partial charge in [0.2, 0.25) is 53.2 Å². The van der Waals surface area contributed by atoms with E-state index in [0.717, 1.165) is 6.92 Å². The smallest absolute Gasteiger partial charge is 0.326 e. The maximum absolute atomic E-state index is 13.7. The molecule has 9 amide bonds. The number of carbonyl (C=O) groups is 13. The van der Waals surface area contributed by atoms with Gasteiger partial charge < -0.3 is 94.4 Å². The Kier molecular flexibility index (Phi) is 30.4. The lowest BCUT2D eigenvalue weighted by molar-refractivity contribution is -0.144. The van der Waals surface area contributed by atoms with Gasteiger partial charge in [-0.25, -0.2) is 4.79 Å². The highest BCUT2D eigenvalue weighted by Crippen LogP contribution is 2.12. The molecule has 0 saturated carbocycles. The SMILES string of the molecule is CC[C@H](C)[C@H](NC(=O)[C@@H](NC(=O)[C@@H](N)CC(C)C)[C@@H](C)O)C(=O)N[C@@H](CCC(=O)O)C(=O)N[C@@H](CO)C(=O)N[C@@H](CO)C(=O)N[C@@H](CO)C(=O)N[C@@H](C)C(=O)N[C@@H](CCC(=O)O)C(=O)N[C@@H](CCC(=O)O)C(=O)O. The summed E-state index contributed by atoms with van der Waals surface area (Å²) in [6, 6.07) is -16.9. The second-order valence-corrected chi connectivity index (χ2v) is 17.6. The second-order valence-electron chi connectivity index (χ2n) is 17.6. The number of rotatable bonds is 36. The molecule has 420 valence electrons. The number of carboxylic acid groups (broad SMARTS) is 4. The highest BCUT2D eigenvalue weighted by Gasteiger charge is 2.37. The number of carboxylic acids is 4. The van der Waals surface area contributed by atoms with Crippen molar-refractivity contribution in [1.82, 2.24) is 47.9 Å². The molecular weight excluding hydrogens is 993 g/mol. The maximum atomic E-state index is 13.7. The fourth-order valence-corrected chi connectivity index (χ4v) is 6.43. The first-order valence-electron chi connectivity index (χ1n) is 23.3. The van der Waals surface area contributed by atoms with Gasteiger partial charge in [-0.15, -0.1) is 0 Å². The van der Waals surface area contributed by atoms with E-state index in [4.69, 9.17) is 15.9 Å². The van der Waals surface area contributed by atoms with Crippen LogP contribution in [0.15, 0.2) is 0 Å². The molecule has 0 bridgehead atoms. The molecule has 31 nitrogen and oxygen atoms in total. The quantitative estimate of drug-likeness (QED) is 0.0277. The van der Waals surface area contributed by atoms with Crippen molar-refractivity contribution in [3.8, 4) is 0 Å². The van der Waals surface area contributed by atoms with Crippen molar-refractivity contribution < 1.29 is 103 Å². The zero-order chi connectivity index (χ0) is 57.2. The van der Waals surface area contributed by atoms with E-state index in [9.17, 15) is 93.0 Å². The van der Waals surface area contributed by atoms with Crippen LogP contribution in [0.25, 0.3) is 0 Å². The van der Waals surface area contributed by atoms with E-state index in [1.165, 1.54) is 13.8 Å². The molecule has 0 heterocycles. The Morgan fingerprint density at radius 1 is 0.419 bits per heavy atom. The summed E-state index contributed by atoms with van der Waals surface area (Å²) in [4.78, 5) is 164. The molecule has 74 heavy (non-hydrogen) atoms. The van der Waals surface area contributed by atoms with Crippen molar-refractivity contribution >= 4 is 77.0 Å². The molecule has 19 N–H and O–H groups in total. The summed E-state index contributed by atoms with van der Waals surface area (Å²) in [5.74, 6) is -17.0. The third-order valence-corrected chi connectivity index (χ3v) is 10.9. The largest absolute Gasteiger partial charge is 0.481 e. The standard InChI is InChI=1S/C43H72N10O21/c1-7-19(4)32(52-42(72)33(21(6)57)53-35(65)22(44)14-18(2)3)41(71)47-24(9-12-30(60)61)37(67)49-27(16-55)39(69)51-28(17-56)40(70)50-26(15-54)38(68)45-20(5)34(64)46-23(8-11-29(58)59)36(66)48-25(43(73)74)10-13-31(62)63/h18-28,32-33,54-57H,7-17,44H2,1-6H3,(H,45,68)(H,46,64)(H,47,71)(H,48,66)(H,49,67)(H,50,70)(H,51,69)(H,52,72)(H,53,65)(H,58,59)(H,60,61)(H,62,63)(H,73,74)/t19-,20-,21+,22-,23-,24-,25-,26-,27-,28-,32-,33-/m0/s1. The van der Waals surface area contributed by atoms with Gasteiger partial charge in [-0.3, -0.25) is 57.5 Å². The third kappa shape index (κ3) is 24.6. The van der Waals surface area contributed by atoms with Crippen LogP contribution >= 0.6 is 0 Å². The Bertz CT molecular complexity index is 1990. The predicted octanol–water partition coefficient (Wildman–Crippen LogP) is -7.17. The fourth-order valence-electron chi connectivity index (χ4n) is 6.43. The Balaban J connectivity index is 6.10. The first-order chi connectivity index (χ1) is 34.4. The lowest BCUT2D eigenvalue weighted by Crippen LogP contribution is -2.62. The summed E-state index contributed by atoms with van der Waals surface area (Å²) in [5, 5.41) is 96.5. The number of nitrogens with one attached hydrogen (secondary N) is 9. The number of aliphatic hydroxyl groups is 4. The highest BCUT2D eigenvalue weighted by molar-refractivity contribution is 5.99. The van der Waals surface area contributed by atoms with E-state index in [-0.39, 0.29) is 18.8 Å². The van der Waals surface area contributed by atoms with Gasteiger partial charge in [-0.1, -0.05) is 34.1 Å². The van der Waals surface area contributed by atoms with Crippen molar-refractivity contribution in [2.24, 2.45) is 17.6 Å². The summed E-state index contributed by atoms with van der Waals surface area (Å²) in [5.41, 5.74) is 5.92. The third-order valence-electron chi connectivity index (χ3n) is 10.9. The molecular formula is C43H72N10O21. The van der Waals surface area contributed by atoms with Crippen LogP contribution in [0.2, 0.25) is 0 Å². The first-order valence-corrected chi connectivity index (χ1v) is 23.3. The van der Waals surface area contributed by atoms with E-state index in [2.05, 4.69) is 31.9 Å².